The van der Waals surface area contributed by atoms with Gasteiger partial charge in [-0.1, -0.05) is 5.16 Å². The maximum Gasteiger partial charge on any atom is 0.471 e. The molecular formula is C17H17F3N4O4. The summed E-state index contributed by atoms with van der Waals surface area (Å²) in [7, 11) is 0. The number of hydrogen-bond donors (Lipinski definition) is 0. The van der Waals surface area contributed by atoms with Gasteiger partial charge in [-0.15, -0.1) is 0 Å². The molecule has 0 spiro atoms. The number of halogens is 3. The third-order valence-electron chi connectivity index (χ3n) is 3.66. The van der Waals surface area contributed by atoms with Crippen LogP contribution in [0.3, 0.4) is 0 Å². The number of alkyl halides is 3. The van der Waals surface area contributed by atoms with Crippen LogP contribution in [0.5, 0.6) is 11.8 Å². The highest BCUT2D eigenvalue weighted by atomic mass is 19.4. The Morgan fingerprint density at radius 2 is 1.61 bits per heavy atom. The fourth-order valence-electron chi connectivity index (χ4n) is 2.50. The van der Waals surface area contributed by atoms with Crippen molar-refractivity contribution < 1.29 is 31.7 Å². The van der Waals surface area contributed by atoms with Gasteiger partial charge in [-0.3, -0.25) is 0 Å². The molecule has 11 heteroatoms. The molecule has 0 aliphatic heterocycles. The molecule has 2 aromatic heterocycles. The second-order valence-electron chi connectivity index (χ2n) is 6.01. The third kappa shape index (κ3) is 4.59. The van der Waals surface area contributed by atoms with Crippen molar-refractivity contribution >= 4 is 0 Å². The first-order valence-corrected chi connectivity index (χ1v) is 8.32. The van der Waals surface area contributed by atoms with Crippen LogP contribution >= 0.6 is 0 Å². The van der Waals surface area contributed by atoms with Crippen LogP contribution in [-0.2, 0) is 6.18 Å². The quantitative estimate of drug-likeness (QED) is 0.553. The minimum Gasteiger partial charge on any atom is -0.493 e. The standard InChI is InChI=1S/C17H17F3N4O4/c1-9-7-12(14-22-15(28-23-14)17(18,19)20)8-10(2)13(9)25-5-4-6-26-16-21-11(3)27-24-16/h7-8H,4-6H2,1-3H3. The average Bonchev–Trinajstić information content (AvgIpc) is 3.25. The molecule has 0 amide bonds. The van der Waals surface area contributed by atoms with E-state index in [1.165, 1.54) is 0 Å². The van der Waals surface area contributed by atoms with Gasteiger partial charge in [-0.05, 0) is 42.3 Å². The van der Waals surface area contributed by atoms with Gasteiger partial charge in [0.25, 0.3) is 0 Å². The molecule has 0 saturated heterocycles. The summed E-state index contributed by atoms with van der Waals surface area (Å²) in [6.45, 7) is 5.96. The van der Waals surface area contributed by atoms with Crippen molar-refractivity contribution in [3.8, 4) is 23.1 Å². The monoisotopic (exact) mass is 398 g/mol. The van der Waals surface area contributed by atoms with E-state index in [4.69, 9.17) is 14.0 Å². The minimum absolute atomic E-state index is 0.131. The molecule has 3 aromatic rings. The third-order valence-corrected chi connectivity index (χ3v) is 3.66. The molecule has 3 rings (SSSR count). The topological polar surface area (TPSA) is 96.3 Å². The molecular weight excluding hydrogens is 381 g/mol. The Balaban J connectivity index is 1.59. The van der Waals surface area contributed by atoms with Gasteiger partial charge in [0.15, 0.2) is 0 Å². The number of nitrogens with zero attached hydrogens (tertiary/aromatic N) is 4. The first-order valence-electron chi connectivity index (χ1n) is 8.32. The second kappa shape index (κ2) is 7.87. The summed E-state index contributed by atoms with van der Waals surface area (Å²) in [5, 5.41) is 7.01. The van der Waals surface area contributed by atoms with Gasteiger partial charge in [0.2, 0.25) is 11.7 Å². The summed E-state index contributed by atoms with van der Waals surface area (Å²) in [6.07, 6.45) is -4.10. The first kappa shape index (κ1) is 19.6. The van der Waals surface area contributed by atoms with Gasteiger partial charge in [-0.2, -0.15) is 23.1 Å². The van der Waals surface area contributed by atoms with Crippen LogP contribution in [-0.4, -0.2) is 33.5 Å². The van der Waals surface area contributed by atoms with Crippen LogP contribution in [0.25, 0.3) is 11.4 Å². The van der Waals surface area contributed by atoms with E-state index in [-0.39, 0.29) is 11.8 Å². The Kier molecular flexibility index (Phi) is 5.52. The summed E-state index contributed by atoms with van der Waals surface area (Å²) >= 11 is 0. The molecule has 0 atom stereocenters. The minimum atomic E-state index is -4.68. The predicted octanol–water partition coefficient (Wildman–Crippen LogP) is 3.91. The summed E-state index contributed by atoms with van der Waals surface area (Å²) < 4.78 is 58.0. The van der Waals surface area contributed by atoms with Crippen LogP contribution in [0.2, 0.25) is 0 Å². The van der Waals surface area contributed by atoms with Gasteiger partial charge < -0.3 is 18.5 Å². The Bertz CT molecular complexity index is 929. The Morgan fingerprint density at radius 1 is 0.929 bits per heavy atom. The lowest BCUT2D eigenvalue weighted by Crippen LogP contribution is -2.07. The Morgan fingerprint density at radius 3 is 2.18 bits per heavy atom. The predicted molar refractivity (Wildman–Crippen MR) is 88.9 cm³/mol. The molecule has 1 aromatic carbocycles. The molecule has 0 saturated carbocycles. The summed E-state index contributed by atoms with van der Waals surface area (Å²) in [4.78, 5) is 7.32. The summed E-state index contributed by atoms with van der Waals surface area (Å²) in [5.74, 6) is -0.455. The van der Waals surface area contributed by atoms with E-state index < -0.39 is 12.1 Å². The van der Waals surface area contributed by atoms with E-state index in [1.54, 1.807) is 32.9 Å². The van der Waals surface area contributed by atoms with E-state index >= 15 is 0 Å². The van der Waals surface area contributed by atoms with E-state index in [0.29, 0.717) is 36.8 Å². The molecule has 2 heterocycles. The normalized spacial score (nSPS) is 11.6. The molecule has 0 bridgehead atoms. The molecule has 0 aliphatic rings. The smallest absolute Gasteiger partial charge is 0.471 e. The highest BCUT2D eigenvalue weighted by Gasteiger charge is 2.38. The van der Waals surface area contributed by atoms with E-state index in [2.05, 4.69) is 24.8 Å². The zero-order chi connectivity index (χ0) is 20.3. The van der Waals surface area contributed by atoms with Crippen LogP contribution in [0, 0.1) is 20.8 Å². The van der Waals surface area contributed by atoms with Gasteiger partial charge in [0, 0.05) is 18.9 Å². The van der Waals surface area contributed by atoms with Gasteiger partial charge >= 0.3 is 18.1 Å². The summed E-state index contributed by atoms with van der Waals surface area (Å²) in [6, 6.07) is 3.46. The van der Waals surface area contributed by atoms with E-state index in [1.807, 2.05) is 0 Å². The van der Waals surface area contributed by atoms with Crippen LogP contribution < -0.4 is 9.47 Å². The van der Waals surface area contributed by atoms with Crippen molar-refractivity contribution in [3.63, 3.8) is 0 Å². The Labute approximate surface area is 157 Å². The van der Waals surface area contributed by atoms with Gasteiger partial charge in [-0.25, -0.2) is 0 Å². The zero-order valence-electron chi connectivity index (χ0n) is 15.3. The van der Waals surface area contributed by atoms with Gasteiger partial charge in [0.05, 0.1) is 13.2 Å². The van der Waals surface area contributed by atoms with E-state index in [9.17, 15) is 13.2 Å². The van der Waals surface area contributed by atoms with Crippen molar-refractivity contribution in [1.29, 1.82) is 0 Å². The number of ether oxygens (including phenoxy) is 2. The number of rotatable bonds is 7. The van der Waals surface area contributed by atoms with E-state index in [0.717, 1.165) is 11.1 Å². The summed E-state index contributed by atoms with van der Waals surface area (Å²) in [5.41, 5.74) is 1.89. The Hall–Kier alpha value is -3.11. The molecule has 150 valence electrons. The lowest BCUT2D eigenvalue weighted by Gasteiger charge is -2.13. The number of aryl methyl sites for hydroxylation is 3. The van der Waals surface area contributed by atoms with Crippen molar-refractivity contribution in [1.82, 2.24) is 20.3 Å². The molecule has 8 nitrogen and oxygen atoms in total. The maximum atomic E-state index is 12.6. The number of aromatic nitrogens is 4. The SMILES string of the molecule is Cc1nc(OCCCOc2c(C)cc(-c3noc(C(F)(F)F)n3)cc2C)no1. The van der Waals surface area contributed by atoms with Crippen molar-refractivity contribution in [2.75, 3.05) is 13.2 Å². The molecule has 0 radical (unpaired) electrons. The molecule has 28 heavy (non-hydrogen) atoms. The fraction of sp³-hybridized carbons (Fsp3) is 0.412. The fourth-order valence-corrected chi connectivity index (χ4v) is 2.50. The number of hydrogen-bond acceptors (Lipinski definition) is 8. The average molecular weight is 398 g/mol. The maximum absolute atomic E-state index is 12.6. The lowest BCUT2D eigenvalue weighted by molar-refractivity contribution is -0.159. The highest BCUT2D eigenvalue weighted by Crippen LogP contribution is 2.32. The van der Waals surface area contributed by atoms with Crippen LogP contribution in [0.15, 0.2) is 21.2 Å². The van der Waals surface area contributed by atoms with Gasteiger partial charge in [0.1, 0.15) is 5.75 Å². The van der Waals surface area contributed by atoms with Crippen molar-refractivity contribution in [2.45, 2.75) is 33.4 Å². The first-order chi connectivity index (χ1) is 13.2. The van der Waals surface area contributed by atoms with Crippen LogP contribution in [0.4, 0.5) is 13.2 Å². The zero-order valence-corrected chi connectivity index (χ0v) is 15.3. The molecule has 0 fully saturated rings. The second-order valence-corrected chi connectivity index (χ2v) is 6.01. The largest absolute Gasteiger partial charge is 0.493 e. The van der Waals surface area contributed by atoms with Crippen molar-refractivity contribution in [2.24, 2.45) is 0 Å². The lowest BCUT2D eigenvalue weighted by atomic mass is 10.1. The molecule has 0 N–H and O–H groups in total. The van der Waals surface area contributed by atoms with Crippen molar-refractivity contribution in [3.05, 3.63) is 35.0 Å². The molecule has 0 unspecified atom stereocenters. The molecule has 0 aliphatic carbocycles. The van der Waals surface area contributed by atoms with Crippen LogP contribution in [0.1, 0.15) is 29.3 Å². The highest BCUT2D eigenvalue weighted by molar-refractivity contribution is 5.61. The number of benzene rings is 1.